The Morgan fingerprint density at radius 2 is 2.00 bits per heavy atom. The zero-order chi connectivity index (χ0) is 22.1. The average Bonchev–Trinajstić information content (AvgIpc) is 2.75. The van der Waals surface area contributed by atoms with Crippen LogP contribution in [0.15, 0.2) is 41.5 Å². The van der Waals surface area contributed by atoms with E-state index in [0.717, 1.165) is 22.2 Å². The Morgan fingerprint density at radius 1 is 1.26 bits per heavy atom. The fourth-order valence-corrected chi connectivity index (χ4v) is 3.61. The normalized spacial score (nSPS) is 14.5. The van der Waals surface area contributed by atoms with Crippen molar-refractivity contribution >= 4 is 46.3 Å². The van der Waals surface area contributed by atoms with E-state index >= 15 is 0 Å². The number of nitrogens with zero attached hydrogens (tertiary/aromatic N) is 2. The number of hydrazone groups is 1. The summed E-state index contributed by atoms with van der Waals surface area (Å²) in [6, 6.07) is 11.6. The molecule has 2 aromatic rings. The lowest BCUT2D eigenvalue weighted by Gasteiger charge is -2.25. The number of hydrogen-bond acceptors (Lipinski definition) is 6. The number of carbonyl (C=O) groups is 1. The Morgan fingerprint density at radius 3 is 2.71 bits per heavy atom. The highest BCUT2D eigenvalue weighted by Gasteiger charge is 2.14. The van der Waals surface area contributed by atoms with Crippen molar-refractivity contribution in [3.05, 3.63) is 56.1 Å². The Kier molecular flexibility index (Phi) is 9.38. The van der Waals surface area contributed by atoms with Gasteiger partial charge in [-0.2, -0.15) is 5.10 Å². The molecular weight excluding hydrogens is 533 g/mol. The molecule has 0 unspecified atom stereocenters. The molecule has 1 heterocycles. The van der Waals surface area contributed by atoms with Gasteiger partial charge >= 0.3 is 0 Å². The number of amides is 1. The number of rotatable bonds is 9. The van der Waals surface area contributed by atoms with Gasteiger partial charge in [-0.25, -0.2) is 5.43 Å². The lowest BCUT2D eigenvalue weighted by Crippen LogP contribution is -2.42. The molecule has 3 rings (SSSR count). The molecule has 1 aliphatic heterocycles. The van der Waals surface area contributed by atoms with Gasteiger partial charge in [0.05, 0.1) is 37.6 Å². The van der Waals surface area contributed by atoms with Crippen LogP contribution in [0.3, 0.4) is 0 Å². The largest absolute Gasteiger partial charge is 0.490 e. The summed E-state index contributed by atoms with van der Waals surface area (Å²) >= 11 is 8.72. The van der Waals surface area contributed by atoms with Crippen LogP contribution in [-0.2, 0) is 16.1 Å². The lowest BCUT2D eigenvalue weighted by molar-refractivity contribution is -0.123. The fourth-order valence-electron chi connectivity index (χ4n) is 2.98. The van der Waals surface area contributed by atoms with E-state index in [1.54, 1.807) is 12.1 Å². The second-order valence-electron chi connectivity index (χ2n) is 6.86. The van der Waals surface area contributed by atoms with E-state index in [1.807, 2.05) is 36.1 Å². The average molecular weight is 558 g/mol. The summed E-state index contributed by atoms with van der Waals surface area (Å²) in [4.78, 5) is 14.1. The summed E-state index contributed by atoms with van der Waals surface area (Å²) in [6.45, 7) is 5.80. The minimum Gasteiger partial charge on any atom is -0.490 e. The van der Waals surface area contributed by atoms with Crippen LogP contribution in [0.4, 0.5) is 0 Å². The Labute approximate surface area is 200 Å². The summed E-state index contributed by atoms with van der Waals surface area (Å²) in [5.41, 5.74) is 4.28. The van der Waals surface area contributed by atoms with E-state index in [-0.39, 0.29) is 12.5 Å². The summed E-state index contributed by atoms with van der Waals surface area (Å²) < 4.78 is 18.1. The molecule has 2 aromatic carbocycles. The predicted octanol–water partition coefficient (Wildman–Crippen LogP) is 3.70. The maximum absolute atomic E-state index is 12.1. The lowest BCUT2D eigenvalue weighted by atomic mass is 10.2. The molecule has 0 saturated carbocycles. The van der Waals surface area contributed by atoms with Crippen molar-refractivity contribution in [3.63, 3.8) is 0 Å². The molecule has 7 nitrogen and oxygen atoms in total. The molecule has 1 fully saturated rings. The molecule has 0 bridgehead atoms. The molecule has 31 heavy (non-hydrogen) atoms. The molecule has 9 heteroatoms. The molecule has 1 saturated heterocycles. The molecule has 0 aliphatic carbocycles. The maximum atomic E-state index is 12.1. The van der Waals surface area contributed by atoms with Crippen LogP contribution in [0.5, 0.6) is 11.5 Å². The zero-order valence-corrected chi connectivity index (χ0v) is 20.2. The third-order valence-electron chi connectivity index (χ3n) is 4.50. The van der Waals surface area contributed by atoms with Crippen LogP contribution in [0.2, 0.25) is 5.02 Å². The van der Waals surface area contributed by atoms with E-state index in [2.05, 4.69) is 33.1 Å². The van der Waals surface area contributed by atoms with Crippen molar-refractivity contribution in [2.45, 2.75) is 13.5 Å². The Balaban J connectivity index is 1.62. The first-order valence-corrected chi connectivity index (χ1v) is 11.5. The van der Waals surface area contributed by atoms with Gasteiger partial charge in [-0.3, -0.25) is 9.69 Å². The van der Waals surface area contributed by atoms with E-state index in [0.29, 0.717) is 48.5 Å². The minimum absolute atomic E-state index is 0.174. The van der Waals surface area contributed by atoms with Crippen LogP contribution >= 0.6 is 34.2 Å². The smallest absolute Gasteiger partial charge is 0.254 e. The fraction of sp³-hybridized carbons (Fsp3) is 0.364. The van der Waals surface area contributed by atoms with E-state index in [9.17, 15) is 4.79 Å². The number of benzene rings is 2. The number of ether oxygens (including phenoxy) is 3. The van der Waals surface area contributed by atoms with Crippen LogP contribution in [0, 0.1) is 3.57 Å². The molecule has 166 valence electrons. The molecular formula is C22H25ClIN3O4. The summed E-state index contributed by atoms with van der Waals surface area (Å²) in [5.74, 6) is 0.837. The second kappa shape index (κ2) is 12.2. The molecule has 1 aliphatic rings. The van der Waals surface area contributed by atoms with Crippen LogP contribution < -0.4 is 14.9 Å². The molecule has 0 spiro atoms. The maximum Gasteiger partial charge on any atom is 0.254 e. The first kappa shape index (κ1) is 23.8. The standard InChI is InChI=1S/C22H25ClIN3O4/c1-2-30-20-12-17(13-25-26-21(28)14-27-7-9-29-10-8-27)11-19(23)22(20)31-15-16-3-5-18(24)6-4-16/h3-6,11-13H,2,7-10,14-15H2,1H3,(H,26,28)/b25-13+. The number of halogens is 2. The summed E-state index contributed by atoms with van der Waals surface area (Å²) in [6.07, 6.45) is 1.54. The van der Waals surface area contributed by atoms with Gasteiger partial charge in [0.1, 0.15) is 6.61 Å². The highest BCUT2D eigenvalue weighted by Crippen LogP contribution is 2.37. The topological polar surface area (TPSA) is 72.4 Å². The number of hydrogen-bond donors (Lipinski definition) is 1. The van der Waals surface area contributed by atoms with Crippen molar-refractivity contribution < 1.29 is 19.0 Å². The second-order valence-corrected chi connectivity index (χ2v) is 8.51. The van der Waals surface area contributed by atoms with Gasteiger partial charge < -0.3 is 14.2 Å². The monoisotopic (exact) mass is 557 g/mol. The van der Waals surface area contributed by atoms with Gasteiger partial charge in [-0.05, 0) is 64.9 Å². The molecule has 1 amide bonds. The zero-order valence-electron chi connectivity index (χ0n) is 17.3. The number of morpholine rings is 1. The SMILES string of the molecule is CCOc1cc(/C=N/NC(=O)CN2CCOCC2)cc(Cl)c1OCc1ccc(I)cc1. The van der Waals surface area contributed by atoms with Crippen molar-refractivity contribution in [1.82, 2.24) is 10.3 Å². The predicted molar refractivity (Wildman–Crippen MR) is 129 cm³/mol. The van der Waals surface area contributed by atoms with Crippen molar-refractivity contribution in [3.8, 4) is 11.5 Å². The van der Waals surface area contributed by atoms with Gasteiger partial charge in [-0.1, -0.05) is 23.7 Å². The quantitative estimate of drug-likeness (QED) is 0.289. The van der Waals surface area contributed by atoms with Crippen LogP contribution in [-0.4, -0.2) is 56.5 Å². The molecule has 0 atom stereocenters. The van der Waals surface area contributed by atoms with E-state index in [1.165, 1.54) is 6.21 Å². The first-order chi connectivity index (χ1) is 15.0. The van der Waals surface area contributed by atoms with Crippen molar-refractivity contribution in [2.75, 3.05) is 39.5 Å². The van der Waals surface area contributed by atoms with E-state index in [4.69, 9.17) is 25.8 Å². The van der Waals surface area contributed by atoms with Crippen molar-refractivity contribution in [2.24, 2.45) is 5.10 Å². The molecule has 1 N–H and O–H groups in total. The molecule has 0 radical (unpaired) electrons. The third-order valence-corrected chi connectivity index (χ3v) is 5.50. The van der Waals surface area contributed by atoms with Gasteiger partial charge in [0.15, 0.2) is 11.5 Å². The van der Waals surface area contributed by atoms with Crippen LogP contribution in [0.1, 0.15) is 18.1 Å². The van der Waals surface area contributed by atoms with Gasteiger partial charge in [0.2, 0.25) is 0 Å². The number of nitrogens with one attached hydrogen (secondary N) is 1. The van der Waals surface area contributed by atoms with Crippen molar-refractivity contribution in [1.29, 1.82) is 0 Å². The minimum atomic E-state index is -0.174. The third kappa shape index (κ3) is 7.64. The Bertz CT molecular complexity index is 902. The Hall–Kier alpha value is -1.88. The van der Waals surface area contributed by atoms with E-state index < -0.39 is 0 Å². The first-order valence-electron chi connectivity index (χ1n) is 10.0. The highest BCUT2D eigenvalue weighted by atomic mass is 127. The summed E-state index contributed by atoms with van der Waals surface area (Å²) in [5, 5.41) is 4.46. The van der Waals surface area contributed by atoms with Crippen LogP contribution in [0.25, 0.3) is 0 Å². The molecule has 0 aromatic heterocycles. The number of carbonyl (C=O) groups excluding carboxylic acids is 1. The summed E-state index contributed by atoms with van der Waals surface area (Å²) in [7, 11) is 0. The van der Waals surface area contributed by atoms with Gasteiger partial charge in [0.25, 0.3) is 5.91 Å². The highest BCUT2D eigenvalue weighted by molar-refractivity contribution is 14.1. The van der Waals surface area contributed by atoms with Gasteiger partial charge in [-0.15, -0.1) is 0 Å². The van der Waals surface area contributed by atoms with Gasteiger partial charge in [0, 0.05) is 16.7 Å².